The number of hydrogen-bond donors (Lipinski definition) is 1. The molecule has 6 heteroatoms. The van der Waals surface area contributed by atoms with Gasteiger partial charge in [0, 0.05) is 11.6 Å². The fourth-order valence-corrected chi connectivity index (χ4v) is 1.59. The number of carboxylic acid groups (broad SMARTS) is 1. The predicted octanol–water partition coefficient (Wildman–Crippen LogP) is 3.35. The van der Waals surface area contributed by atoms with Gasteiger partial charge in [0.2, 0.25) is 0 Å². The van der Waals surface area contributed by atoms with Crippen LogP contribution in [0.3, 0.4) is 0 Å². The molecule has 1 N–H and O–H groups in total. The highest BCUT2D eigenvalue weighted by molar-refractivity contribution is 6.43. The molecule has 0 saturated carbocycles. The van der Waals surface area contributed by atoms with E-state index in [1.54, 1.807) is 18.2 Å². The van der Waals surface area contributed by atoms with Crippen LogP contribution in [0.5, 0.6) is 0 Å². The second-order valence-corrected chi connectivity index (χ2v) is 3.77. The Morgan fingerprint density at radius 2 is 2.12 bits per heavy atom. The molecule has 0 bridgehead atoms. The van der Waals surface area contributed by atoms with Crippen molar-refractivity contribution in [3.8, 4) is 11.3 Å². The van der Waals surface area contributed by atoms with E-state index in [0.29, 0.717) is 15.6 Å². The lowest BCUT2D eigenvalue weighted by molar-refractivity contribution is 0.0686. The molecular weight excluding hydrogens is 253 g/mol. The number of aromatic nitrogens is 1. The quantitative estimate of drug-likeness (QED) is 0.897. The third-order valence-electron chi connectivity index (χ3n) is 1.95. The fraction of sp³-hybridized carbons (Fsp3) is 0. The first-order valence-electron chi connectivity index (χ1n) is 4.24. The van der Waals surface area contributed by atoms with Gasteiger partial charge in [0.25, 0.3) is 0 Å². The standard InChI is InChI=1S/C10H5Cl2NO3/c11-6-3-1-2-5(9(6)12)8-4-7(10(14)15)13-16-8/h1-4H,(H,14,15). The second-order valence-electron chi connectivity index (χ2n) is 2.98. The van der Waals surface area contributed by atoms with Gasteiger partial charge < -0.3 is 9.63 Å². The highest BCUT2D eigenvalue weighted by Crippen LogP contribution is 2.33. The summed E-state index contributed by atoms with van der Waals surface area (Å²) in [6, 6.07) is 6.27. The van der Waals surface area contributed by atoms with Crippen LogP contribution >= 0.6 is 23.2 Å². The average Bonchev–Trinajstić information content (AvgIpc) is 2.71. The molecule has 0 fully saturated rings. The first kappa shape index (κ1) is 11.0. The minimum absolute atomic E-state index is 0.175. The molecule has 1 heterocycles. The van der Waals surface area contributed by atoms with Crippen molar-refractivity contribution in [3.63, 3.8) is 0 Å². The third-order valence-corrected chi connectivity index (χ3v) is 2.77. The summed E-state index contributed by atoms with van der Waals surface area (Å²) in [5, 5.41) is 12.7. The molecule has 0 amide bonds. The first-order valence-corrected chi connectivity index (χ1v) is 4.99. The van der Waals surface area contributed by atoms with Gasteiger partial charge in [-0.05, 0) is 12.1 Å². The molecule has 2 rings (SSSR count). The Morgan fingerprint density at radius 1 is 1.38 bits per heavy atom. The molecule has 2 aromatic rings. The van der Waals surface area contributed by atoms with E-state index >= 15 is 0 Å². The van der Waals surface area contributed by atoms with Crippen LogP contribution < -0.4 is 0 Å². The number of carbonyl (C=O) groups is 1. The second kappa shape index (κ2) is 4.15. The minimum atomic E-state index is -1.16. The van der Waals surface area contributed by atoms with E-state index in [1.807, 2.05) is 0 Å². The summed E-state index contributed by atoms with van der Waals surface area (Å²) in [5.74, 6) is -0.891. The minimum Gasteiger partial charge on any atom is -0.476 e. The molecule has 0 atom stereocenters. The van der Waals surface area contributed by atoms with Gasteiger partial charge in [-0.3, -0.25) is 0 Å². The van der Waals surface area contributed by atoms with Gasteiger partial charge in [0.1, 0.15) is 0 Å². The van der Waals surface area contributed by atoms with Gasteiger partial charge in [-0.25, -0.2) is 4.79 Å². The van der Waals surface area contributed by atoms with Crippen molar-refractivity contribution < 1.29 is 14.4 Å². The van der Waals surface area contributed by atoms with E-state index in [1.165, 1.54) is 6.07 Å². The van der Waals surface area contributed by atoms with E-state index in [4.69, 9.17) is 32.8 Å². The molecule has 0 aliphatic rings. The van der Waals surface area contributed by atoms with Crippen molar-refractivity contribution >= 4 is 29.2 Å². The number of halogens is 2. The zero-order valence-corrected chi connectivity index (χ0v) is 9.29. The van der Waals surface area contributed by atoms with Gasteiger partial charge in [-0.15, -0.1) is 0 Å². The van der Waals surface area contributed by atoms with Crippen LogP contribution in [0.1, 0.15) is 10.5 Å². The largest absolute Gasteiger partial charge is 0.476 e. The van der Waals surface area contributed by atoms with Crippen LogP contribution in [0, 0.1) is 0 Å². The molecule has 0 radical (unpaired) electrons. The van der Waals surface area contributed by atoms with E-state index in [0.717, 1.165) is 0 Å². The number of aromatic carboxylic acids is 1. The number of rotatable bonds is 2. The van der Waals surface area contributed by atoms with Gasteiger partial charge in [-0.1, -0.05) is 34.4 Å². The molecule has 1 aromatic carbocycles. The van der Waals surface area contributed by atoms with Gasteiger partial charge in [0.05, 0.1) is 10.0 Å². The summed E-state index contributed by atoms with van der Waals surface area (Å²) in [7, 11) is 0. The maximum absolute atomic E-state index is 10.6. The zero-order valence-electron chi connectivity index (χ0n) is 7.78. The van der Waals surface area contributed by atoms with Gasteiger partial charge >= 0.3 is 5.97 Å². The SMILES string of the molecule is O=C(O)c1cc(-c2cccc(Cl)c2Cl)on1. The van der Waals surface area contributed by atoms with Crippen LogP contribution in [0.15, 0.2) is 28.8 Å². The Bertz CT molecular complexity index is 551. The van der Waals surface area contributed by atoms with Crippen LogP contribution in [0.2, 0.25) is 10.0 Å². The topological polar surface area (TPSA) is 63.3 Å². The fourth-order valence-electron chi connectivity index (χ4n) is 1.20. The van der Waals surface area contributed by atoms with E-state index in [2.05, 4.69) is 5.16 Å². The Balaban J connectivity index is 2.50. The van der Waals surface area contributed by atoms with Crippen molar-refractivity contribution in [2.75, 3.05) is 0 Å². The van der Waals surface area contributed by atoms with Crippen molar-refractivity contribution in [2.24, 2.45) is 0 Å². The van der Waals surface area contributed by atoms with Crippen molar-refractivity contribution in [1.29, 1.82) is 0 Å². The van der Waals surface area contributed by atoms with Crippen LogP contribution in [-0.2, 0) is 0 Å². The molecule has 0 saturated heterocycles. The molecule has 1 aromatic heterocycles. The van der Waals surface area contributed by atoms with Crippen molar-refractivity contribution in [2.45, 2.75) is 0 Å². The molecular formula is C10H5Cl2NO3. The Hall–Kier alpha value is -1.52. The Labute approximate surface area is 100 Å². The van der Waals surface area contributed by atoms with Crippen molar-refractivity contribution in [3.05, 3.63) is 40.0 Å². The predicted molar refractivity (Wildman–Crippen MR) is 58.9 cm³/mol. The molecule has 82 valence electrons. The maximum Gasteiger partial charge on any atom is 0.358 e. The van der Waals surface area contributed by atoms with Gasteiger partial charge in [0.15, 0.2) is 11.5 Å². The summed E-state index contributed by atoms with van der Waals surface area (Å²) in [5.41, 5.74) is 0.334. The summed E-state index contributed by atoms with van der Waals surface area (Å²) >= 11 is 11.8. The molecule has 0 spiro atoms. The summed E-state index contributed by atoms with van der Waals surface area (Å²) in [6.45, 7) is 0. The lowest BCUT2D eigenvalue weighted by atomic mass is 10.1. The molecule has 0 aliphatic heterocycles. The number of hydrogen-bond acceptors (Lipinski definition) is 3. The smallest absolute Gasteiger partial charge is 0.358 e. The highest BCUT2D eigenvalue weighted by Gasteiger charge is 2.15. The van der Waals surface area contributed by atoms with Crippen LogP contribution in [-0.4, -0.2) is 16.2 Å². The molecule has 0 unspecified atom stereocenters. The first-order chi connectivity index (χ1) is 7.59. The number of nitrogens with zero attached hydrogens (tertiary/aromatic N) is 1. The summed E-state index contributed by atoms with van der Waals surface area (Å²) in [4.78, 5) is 10.6. The van der Waals surface area contributed by atoms with Crippen LogP contribution in [0.4, 0.5) is 0 Å². The molecule has 0 aliphatic carbocycles. The normalized spacial score (nSPS) is 10.4. The maximum atomic E-state index is 10.6. The monoisotopic (exact) mass is 257 g/mol. The van der Waals surface area contributed by atoms with E-state index < -0.39 is 5.97 Å². The number of carboxylic acids is 1. The van der Waals surface area contributed by atoms with E-state index in [-0.39, 0.29) is 11.5 Å². The lowest BCUT2D eigenvalue weighted by Crippen LogP contribution is -1.94. The highest BCUT2D eigenvalue weighted by atomic mass is 35.5. The Kier molecular flexibility index (Phi) is 2.85. The number of benzene rings is 1. The van der Waals surface area contributed by atoms with Crippen LogP contribution in [0.25, 0.3) is 11.3 Å². The molecule has 4 nitrogen and oxygen atoms in total. The summed E-state index contributed by atoms with van der Waals surface area (Å²) < 4.78 is 4.87. The van der Waals surface area contributed by atoms with Crippen molar-refractivity contribution in [1.82, 2.24) is 5.16 Å². The molecule has 16 heavy (non-hydrogen) atoms. The average molecular weight is 258 g/mol. The zero-order chi connectivity index (χ0) is 11.7. The lowest BCUT2D eigenvalue weighted by Gasteiger charge is -2.00. The third kappa shape index (κ3) is 1.89. The Morgan fingerprint density at radius 3 is 2.75 bits per heavy atom. The summed E-state index contributed by atoms with van der Waals surface area (Å²) in [6.07, 6.45) is 0. The van der Waals surface area contributed by atoms with E-state index in [9.17, 15) is 4.79 Å². The van der Waals surface area contributed by atoms with Gasteiger partial charge in [-0.2, -0.15) is 0 Å².